The molecular weight excluding hydrogens is 335 g/mol. The van der Waals surface area contributed by atoms with Crippen LogP contribution in [0.25, 0.3) is 0 Å². The lowest BCUT2D eigenvalue weighted by Crippen LogP contribution is -2.38. The highest BCUT2D eigenvalue weighted by molar-refractivity contribution is 5.98. The fourth-order valence-corrected chi connectivity index (χ4v) is 2.18. The number of hydrogen-bond donors (Lipinski definition) is 1. The van der Waals surface area contributed by atoms with Gasteiger partial charge >= 0.3 is 6.18 Å². The number of rotatable bonds is 5. The summed E-state index contributed by atoms with van der Waals surface area (Å²) in [7, 11) is 0. The maximum atomic E-state index is 13.0. The summed E-state index contributed by atoms with van der Waals surface area (Å²) in [5.41, 5.74) is -1.13. The van der Waals surface area contributed by atoms with Crippen molar-refractivity contribution in [3.63, 3.8) is 0 Å². The summed E-state index contributed by atoms with van der Waals surface area (Å²) in [5, 5.41) is 2.21. The van der Waals surface area contributed by atoms with Crippen molar-refractivity contribution in [2.75, 3.05) is 18.4 Å². The molecule has 2 rings (SSSR count). The monoisotopic (exact) mass is 351 g/mol. The normalized spacial score (nSPS) is 11.0. The second-order valence-electron chi connectivity index (χ2n) is 5.13. The topological polar surface area (TPSA) is 62.3 Å². The minimum atomic E-state index is -4.59. The molecule has 0 unspecified atom stereocenters. The number of pyridine rings is 1. The minimum Gasteiger partial charge on any atom is -0.328 e. The Labute approximate surface area is 142 Å². The van der Waals surface area contributed by atoms with Gasteiger partial charge in [-0.05, 0) is 31.2 Å². The first-order valence-electron chi connectivity index (χ1n) is 7.49. The van der Waals surface area contributed by atoms with E-state index in [9.17, 15) is 22.8 Å². The van der Waals surface area contributed by atoms with Gasteiger partial charge in [0.1, 0.15) is 12.2 Å². The number of anilines is 1. The molecule has 1 heterocycles. The Morgan fingerprint density at radius 2 is 1.80 bits per heavy atom. The van der Waals surface area contributed by atoms with Crippen LogP contribution in [-0.2, 0) is 11.0 Å². The average molecular weight is 351 g/mol. The van der Waals surface area contributed by atoms with Gasteiger partial charge in [0.2, 0.25) is 5.91 Å². The number of hydrogen-bond acceptors (Lipinski definition) is 3. The summed E-state index contributed by atoms with van der Waals surface area (Å²) in [4.78, 5) is 29.5. The predicted octanol–water partition coefficient (Wildman–Crippen LogP) is 3.20. The van der Waals surface area contributed by atoms with Gasteiger partial charge in [-0.15, -0.1) is 0 Å². The number of benzene rings is 1. The number of nitrogens with zero attached hydrogens (tertiary/aromatic N) is 2. The van der Waals surface area contributed by atoms with Crippen LogP contribution in [0.1, 0.15) is 23.0 Å². The van der Waals surface area contributed by atoms with Crippen LogP contribution in [0, 0.1) is 0 Å². The quantitative estimate of drug-likeness (QED) is 0.900. The Kier molecular flexibility index (Phi) is 5.74. The Bertz CT molecular complexity index is 748. The zero-order valence-electron chi connectivity index (χ0n) is 13.4. The molecule has 0 saturated carbocycles. The lowest BCUT2D eigenvalue weighted by molar-refractivity contribution is -0.137. The van der Waals surface area contributed by atoms with Crippen molar-refractivity contribution in [3.05, 3.63) is 59.9 Å². The maximum absolute atomic E-state index is 13.0. The van der Waals surface area contributed by atoms with Gasteiger partial charge in [0.15, 0.2) is 0 Å². The third kappa shape index (κ3) is 4.79. The van der Waals surface area contributed by atoms with Crippen LogP contribution in [0.15, 0.2) is 48.7 Å². The van der Waals surface area contributed by atoms with E-state index < -0.39 is 23.6 Å². The highest BCUT2D eigenvalue weighted by Gasteiger charge is 2.33. The number of halogens is 3. The number of likely N-dealkylation sites (N-methyl/N-ethyl adjacent to an activating group) is 1. The number of carbonyl (C=O) groups is 2. The summed E-state index contributed by atoms with van der Waals surface area (Å²) in [6, 6.07) is 9.45. The summed E-state index contributed by atoms with van der Waals surface area (Å²) >= 11 is 0. The van der Waals surface area contributed by atoms with E-state index in [-0.39, 0.29) is 24.5 Å². The predicted molar refractivity (Wildman–Crippen MR) is 85.9 cm³/mol. The van der Waals surface area contributed by atoms with E-state index in [1.807, 2.05) is 0 Å². The molecule has 5 nitrogen and oxygen atoms in total. The van der Waals surface area contributed by atoms with E-state index in [4.69, 9.17) is 0 Å². The number of nitrogens with one attached hydrogen (secondary N) is 1. The first-order chi connectivity index (χ1) is 11.8. The van der Waals surface area contributed by atoms with Crippen molar-refractivity contribution in [2.24, 2.45) is 0 Å². The first kappa shape index (κ1) is 18.4. The Morgan fingerprint density at radius 1 is 1.12 bits per heavy atom. The lowest BCUT2D eigenvalue weighted by atomic mass is 10.1. The zero-order chi connectivity index (χ0) is 18.4. The van der Waals surface area contributed by atoms with Crippen LogP contribution in [-0.4, -0.2) is 34.8 Å². The largest absolute Gasteiger partial charge is 0.418 e. The van der Waals surface area contributed by atoms with Crippen LogP contribution in [0.2, 0.25) is 0 Å². The van der Waals surface area contributed by atoms with Gasteiger partial charge < -0.3 is 10.2 Å². The van der Waals surface area contributed by atoms with Crippen LogP contribution in [0.3, 0.4) is 0 Å². The molecule has 132 valence electrons. The van der Waals surface area contributed by atoms with Gasteiger partial charge in [-0.3, -0.25) is 14.6 Å². The fraction of sp³-hybridized carbons (Fsp3) is 0.235. The Morgan fingerprint density at radius 3 is 2.40 bits per heavy atom. The van der Waals surface area contributed by atoms with Gasteiger partial charge in [0.25, 0.3) is 5.91 Å². The molecule has 2 amide bonds. The van der Waals surface area contributed by atoms with Crippen LogP contribution in [0.4, 0.5) is 18.9 Å². The number of para-hydroxylation sites is 1. The third-order valence-electron chi connectivity index (χ3n) is 3.39. The molecule has 1 aromatic heterocycles. The van der Waals surface area contributed by atoms with Gasteiger partial charge in [-0.1, -0.05) is 18.2 Å². The molecular formula is C17H16F3N3O2. The van der Waals surface area contributed by atoms with E-state index >= 15 is 0 Å². The van der Waals surface area contributed by atoms with Gasteiger partial charge in [0.05, 0.1) is 11.3 Å². The number of aromatic nitrogens is 1. The molecule has 0 aliphatic carbocycles. The number of alkyl halides is 3. The summed E-state index contributed by atoms with van der Waals surface area (Å²) < 4.78 is 38.9. The first-order valence-corrected chi connectivity index (χ1v) is 7.49. The molecule has 0 aliphatic rings. The SMILES string of the molecule is CCN(CC(=O)Nc1ccccc1C(F)(F)F)C(=O)c1ccccn1. The molecule has 0 atom stereocenters. The van der Waals surface area contributed by atoms with Crippen molar-refractivity contribution in [3.8, 4) is 0 Å². The highest BCUT2D eigenvalue weighted by atomic mass is 19.4. The molecule has 0 fully saturated rings. The van der Waals surface area contributed by atoms with Gasteiger partial charge in [-0.2, -0.15) is 13.2 Å². The molecule has 0 bridgehead atoms. The smallest absolute Gasteiger partial charge is 0.328 e. The number of amides is 2. The van der Waals surface area contributed by atoms with E-state index in [1.165, 1.54) is 29.3 Å². The van der Waals surface area contributed by atoms with Gasteiger partial charge in [0, 0.05) is 12.7 Å². The summed E-state index contributed by atoms with van der Waals surface area (Å²) in [5.74, 6) is -1.19. The highest BCUT2D eigenvalue weighted by Crippen LogP contribution is 2.34. The van der Waals surface area contributed by atoms with Crippen LogP contribution in [0.5, 0.6) is 0 Å². The third-order valence-corrected chi connectivity index (χ3v) is 3.39. The second kappa shape index (κ2) is 7.78. The molecule has 2 aromatic rings. The molecule has 1 N–H and O–H groups in total. The number of carbonyl (C=O) groups excluding carboxylic acids is 2. The second-order valence-corrected chi connectivity index (χ2v) is 5.13. The van der Waals surface area contributed by atoms with Crippen LogP contribution >= 0.6 is 0 Å². The van der Waals surface area contributed by atoms with Crippen molar-refractivity contribution in [1.82, 2.24) is 9.88 Å². The summed E-state index contributed by atoms with van der Waals surface area (Å²) in [6.07, 6.45) is -3.14. The van der Waals surface area contributed by atoms with Crippen molar-refractivity contribution in [2.45, 2.75) is 13.1 Å². The maximum Gasteiger partial charge on any atom is 0.418 e. The fourth-order valence-electron chi connectivity index (χ4n) is 2.18. The standard InChI is InChI=1S/C17H16F3N3O2/c1-2-23(16(25)14-9-5-6-10-21-14)11-15(24)22-13-8-4-3-7-12(13)17(18,19)20/h3-10H,2,11H2,1H3,(H,22,24). The van der Waals surface area contributed by atoms with Gasteiger partial charge in [-0.25, -0.2) is 0 Å². The van der Waals surface area contributed by atoms with E-state index in [0.717, 1.165) is 12.1 Å². The Balaban J connectivity index is 2.10. The Hall–Kier alpha value is -2.90. The van der Waals surface area contributed by atoms with E-state index in [2.05, 4.69) is 10.3 Å². The molecule has 1 aromatic carbocycles. The van der Waals surface area contributed by atoms with Crippen LogP contribution < -0.4 is 5.32 Å². The van der Waals surface area contributed by atoms with E-state index in [0.29, 0.717) is 0 Å². The zero-order valence-corrected chi connectivity index (χ0v) is 13.4. The molecule has 0 saturated heterocycles. The molecule has 0 spiro atoms. The van der Waals surface area contributed by atoms with Crippen molar-refractivity contribution < 1.29 is 22.8 Å². The van der Waals surface area contributed by atoms with Crippen molar-refractivity contribution in [1.29, 1.82) is 0 Å². The average Bonchev–Trinajstić information content (AvgIpc) is 2.59. The summed E-state index contributed by atoms with van der Waals surface area (Å²) in [6.45, 7) is 1.50. The minimum absolute atomic E-state index is 0.160. The molecule has 8 heteroatoms. The molecule has 0 aliphatic heterocycles. The molecule has 25 heavy (non-hydrogen) atoms. The molecule has 0 radical (unpaired) electrons. The van der Waals surface area contributed by atoms with Crippen molar-refractivity contribution >= 4 is 17.5 Å². The van der Waals surface area contributed by atoms with E-state index in [1.54, 1.807) is 19.1 Å². The lowest BCUT2D eigenvalue weighted by Gasteiger charge is -2.20.